The number of hydrogen-bond acceptors (Lipinski definition) is 4. The van der Waals surface area contributed by atoms with Gasteiger partial charge in [0.2, 0.25) is 0 Å². The fourth-order valence-electron chi connectivity index (χ4n) is 3.54. The average Bonchev–Trinajstić information content (AvgIpc) is 2.84. The van der Waals surface area contributed by atoms with E-state index in [1.807, 2.05) is 0 Å². The summed E-state index contributed by atoms with van der Waals surface area (Å²) in [4.78, 5) is 2.53. The predicted octanol–water partition coefficient (Wildman–Crippen LogP) is 1.12. The molecule has 0 aromatic carbocycles. The standard InChI is InChI=1S/C13H27N3O/c1-13(2,16-7-9-17-10-8-16)12(15-14)11-5-3-4-6-11/h11-12,15H,3-10,14H2,1-2H3. The van der Waals surface area contributed by atoms with Crippen LogP contribution in [-0.4, -0.2) is 42.8 Å². The van der Waals surface area contributed by atoms with Gasteiger partial charge in [-0.3, -0.25) is 16.2 Å². The Kier molecular flexibility index (Phi) is 4.42. The van der Waals surface area contributed by atoms with Crippen LogP contribution < -0.4 is 11.3 Å². The second kappa shape index (κ2) is 5.65. The Bertz CT molecular complexity index is 233. The average molecular weight is 241 g/mol. The zero-order valence-electron chi connectivity index (χ0n) is 11.2. The molecule has 0 aromatic heterocycles. The fraction of sp³-hybridized carbons (Fsp3) is 1.00. The normalized spacial score (nSPS) is 26.3. The topological polar surface area (TPSA) is 50.5 Å². The first-order valence-electron chi connectivity index (χ1n) is 6.95. The largest absolute Gasteiger partial charge is 0.379 e. The van der Waals surface area contributed by atoms with Gasteiger partial charge in [-0.25, -0.2) is 0 Å². The van der Waals surface area contributed by atoms with Crippen LogP contribution in [0.1, 0.15) is 39.5 Å². The predicted molar refractivity (Wildman–Crippen MR) is 69.5 cm³/mol. The van der Waals surface area contributed by atoms with E-state index < -0.39 is 0 Å². The highest BCUT2D eigenvalue weighted by molar-refractivity contribution is 4.98. The minimum atomic E-state index is 0.119. The van der Waals surface area contributed by atoms with Crippen molar-refractivity contribution >= 4 is 0 Å². The minimum absolute atomic E-state index is 0.119. The molecule has 1 atom stereocenters. The lowest BCUT2D eigenvalue weighted by molar-refractivity contribution is -0.0313. The Morgan fingerprint density at radius 3 is 2.35 bits per heavy atom. The van der Waals surface area contributed by atoms with E-state index in [0.29, 0.717) is 6.04 Å². The third kappa shape index (κ3) is 2.81. The molecule has 4 heteroatoms. The second-order valence-electron chi connectivity index (χ2n) is 5.94. The van der Waals surface area contributed by atoms with Crippen molar-refractivity contribution in [1.29, 1.82) is 0 Å². The number of nitrogens with one attached hydrogen (secondary N) is 1. The molecule has 2 aliphatic rings. The third-order valence-corrected chi connectivity index (χ3v) is 4.64. The van der Waals surface area contributed by atoms with E-state index in [1.54, 1.807) is 0 Å². The lowest BCUT2D eigenvalue weighted by Crippen LogP contribution is -2.63. The van der Waals surface area contributed by atoms with Crippen molar-refractivity contribution in [1.82, 2.24) is 10.3 Å². The van der Waals surface area contributed by atoms with E-state index in [9.17, 15) is 0 Å². The SMILES string of the molecule is CC(C)(C(NN)C1CCCC1)N1CCOCC1. The van der Waals surface area contributed by atoms with Crippen molar-refractivity contribution in [3.63, 3.8) is 0 Å². The monoisotopic (exact) mass is 241 g/mol. The van der Waals surface area contributed by atoms with Crippen LogP contribution in [0.15, 0.2) is 0 Å². The van der Waals surface area contributed by atoms with Gasteiger partial charge in [-0.1, -0.05) is 12.8 Å². The lowest BCUT2D eigenvalue weighted by Gasteiger charge is -2.47. The van der Waals surface area contributed by atoms with Crippen molar-refractivity contribution < 1.29 is 4.74 Å². The molecule has 2 fully saturated rings. The molecular weight excluding hydrogens is 214 g/mol. The van der Waals surface area contributed by atoms with E-state index >= 15 is 0 Å². The quantitative estimate of drug-likeness (QED) is 0.572. The smallest absolute Gasteiger partial charge is 0.0594 e. The van der Waals surface area contributed by atoms with Gasteiger partial charge in [0.25, 0.3) is 0 Å². The molecule has 1 aliphatic heterocycles. The number of ether oxygens (including phenoxy) is 1. The van der Waals surface area contributed by atoms with Crippen LogP contribution in [0.4, 0.5) is 0 Å². The van der Waals surface area contributed by atoms with Crippen molar-refractivity contribution in [3.05, 3.63) is 0 Å². The van der Waals surface area contributed by atoms with Gasteiger partial charge in [-0.05, 0) is 32.6 Å². The van der Waals surface area contributed by atoms with Crippen molar-refractivity contribution in [2.45, 2.75) is 51.1 Å². The van der Waals surface area contributed by atoms with Gasteiger partial charge in [0.15, 0.2) is 0 Å². The highest BCUT2D eigenvalue weighted by atomic mass is 16.5. The van der Waals surface area contributed by atoms with Crippen LogP contribution in [-0.2, 0) is 4.74 Å². The number of nitrogens with zero attached hydrogens (tertiary/aromatic N) is 1. The van der Waals surface area contributed by atoms with E-state index in [0.717, 1.165) is 32.2 Å². The Balaban J connectivity index is 2.04. The summed E-state index contributed by atoms with van der Waals surface area (Å²) in [7, 11) is 0. The maximum Gasteiger partial charge on any atom is 0.0594 e. The molecule has 1 aliphatic carbocycles. The van der Waals surface area contributed by atoms with Crippen molar-refractivity contribution in [2.75, 3.05) is 26.3 Å². The molecule has 0 aromatic rings. The van der Waals surface area contributed by atoms with E-state index in [1.165, 1.54) is 25.7 Å². The maximum absolute atomic E-state index is 5.84. The van der Waals surface area contributed by atoms with E-state index in [2.05, 4.69) is 24.2 Å². The molecular formula is C13H27N3O. The van der Waals surface area contributed by atoms with Crippen molar-refractivity contribution in [2.24, 2.45) is 11.8 Å². The molecule has 1 saturated carbocycles. The van der Waals surface area contributed by atoms with Crippen LogP contribution in [0.5, 0.6) is 0 Å². The number of nitrogens with two attached hydrogens (primary N) is 1. The molecule has 1 unspecified atom stereocenters. The molecule has 1 heterocycles. The molecule has 0 bridgehead atoms. The first-order chi connectivity index (χ1) is 8.16. The van der Waals surface area contributed by atoms with Crippen LogP contribution in [0.3, 0.4) is 0 Å². The summed E-state index contributed by atoms with van der Waals surface area (Å²) in [6.45, 7) is 8.40. The van der Waals surface area contributed by atoms with Crippen LogP contribution >= 0.6 is 0 Å². The first-order valence-corrected chi connectivity index (χ1v) is 6.95. The summed E-state index contributed by atoms with van der Waals surface area (Å²) >= 11 is 0. The summed E-state index contributed by atoms with van der Waals surface area (Å²) in [6, 6.07) is 0.392. The van der Waals surface area contributed by atoms with Crippen LogP contribution in [0, 0.1) is 5.92 Å². The molecule has 17 heavy (non-hydrogen) atoms. The second-order valence-corrected chi connectivity index (χ2v) is 5.94. The Morgan fingerprint density at radius 2 is 1.82 bits per heavy atom. The van der Waals surface area contributed by atoms with Crippen molar-refractivity contribution in [3.8, 4) is 0 Å². The highest BCUT2D eigenvalue weighted by Crippen LogP contribution is 2.34. The first kappa shape index (κ1) is 13.3. The third-order valence-electron chi connectivity index (χ3n) is 4.64. The molecule has 0 radical (unpaired) electrons. The van der Waals surface area contributed by atoms with Gasteiger partial charge in [-0.2, -0.15) is 0 Å². The van der Waals surface area contributed by atoms with E-state index in [-0.39, 0.29) is 5.54 Å². The number of rotatable bonds is 4. The molecule has 1 saturated heterocycles. The molecule has 0 spiro atoms. The zero-order chi connectivity index (χ0) is 12.3. The lowest BCUT2D eigenvalue weighted by atomic mass is 9.82. The van der Waals surface area contributed by atoms with E-state index in [4.69, 9.17) is 10.6 Å². The summed E-state index contributed by atoms with van der Waals surface area (Å²) in [5, 5.41) is 0. The summed E-state index contributed by atoms with van der Waals surface area (Å²) < 4.78 is 5.44. The molecule has 100 valence electrons. The van der Waals surface area contributed by atoms with Crippen LogP contribution in [0.2, 0.25) is 0 Å². The molecule has 3 N–H and O–H groups in total. The highest BCUT2D eigenvalue weighted by Gasteiger charge is 2.40. The summed E-state index contributed by atoms with van der Waals surface area (Å²) in [6.07, 6.45) is 5.37. The van der Waals surface area contributed by atoms with Crippen LogP contribution in [0.25, 0.3) is 0 Å². The maximum atomic E-state index is 5.84. The van der Waals surface area contributed by atoms with Gasteiger partial charge in [0.1, 0.15) is 0 Å². The van der Waals surface area contributed by atoms with Gasteiger partial charge in [0.05, 0.1) is 13.2 Å². The summed E-state index contributed by atoms with van der Waals surface area (Å²) in [5.41, 5.74) is 3.22. The fourth-order valence-corrected chi connectivity index (χ4v) is 3.54. The summed E-state index contributed by atoms with van der Waals surface area (Å²) in [5.74, 6) is 6.57. The Hall–Kier alpha value is -0.160. The number of morpholine rings is 1. The van der Waals surface area contributed by atoms with Gasteiger partial charge in [-0.15, -0.1) is 0 Å². The Morgan fingerprint density at radius 1 is 1.24 bits per heavy atom. The van der Waals surface area contributed by atoms with Gasteiger partial charge in [0, 0.05) is 24.7 Å². The molecule has 2 rings (SSSR count). The number of hydrogen-bond donors (Lipinski definition) is 2. The molecule has 4 nitrogen and oxygen atoms in total. The molecule has 0 amide bonds. The zero-order valence-corrected chi connectivity index (χ0v) is 11.2. The number of hydrazine groups is 1. The minimum Gasteiger partial charge on any atom is -0.379 e. The van der Waals surface area contributed by atoms with Gasteiger partial charge < -0.3 is 4.74 Å². The Labute approximate surface area is 105 Å². The van der Waals surface area contributed by atoms with Gasteiger partial charge >= 0.3 is 0 Å².